The fourth-order valence-corrected chi connectivity index (χ4v) is 3.18. The quantitative estimate of drug-likeness (QED) is 0.765. The van der Waals surface area contributed by atoms with E-state index in [0.29, 0.717) is 27.1 Å². The molecular weight excluding hydrogens is 317 g/mol. The van der Waals surface area contributed by atoms with E-state index in [2.05, 4.69) is 11.6 Å². The van der Waals surface area contributed by atoms with Gasteiger partial charge in [-0.05, 0) is 31.2 Å². The fourth-order valence-electron chi connectivity index (χ4n) is 1.92. The molecule has 0 aromatic heterocycles. The third-order valence-electron chi connectivity index (χ3n) is 3.41. The molecule has 0 saturated heterocycles. The van der Waals surface area contributed by atoms with E-state index in [1.165, 1.54) is 12.8 Å². The number of aliphatic hydroxyl groups excluding tert-OH is 1. The summed E-state index contributed by atoms with van der Waals surface area (Å²) in [4.78, 5) is 0. The fraction of sp³-hybridized carbons (Fsp3) is 0.571. The topological polar surface area (TPSA) is 41.5 Å². The molecule has 1 aliphatic carbocycles. The maximum Gasteiger partial charge on any atom is 0.156 e. The first-order valence-electron chi connectivity index (χ1n) is 6.57. The van der Waals surface area contributed by atoms with Gasteiger partial charge < -0.3 is 15.2 Å². The molecule has 6 heteroatoms. The number of rotatable bonds is 8. The van der Waals surface area contributed by atoms with Crippen molar-refractivity contribution in [2.45, 2.75) is 23.7 Å². The minimum absolute atomic E-state index is 0.169. The molecule has 1 aliphatic rings. The predicted octanol–water partition coefficient (Wildman–Crippen LogP) is 3.22. The Morgan fingerprint density at radius 3 is 2.60 bits per heavy atom. The number of halogens is 2. The Hall–Kier alpha value is -0.130. The molecule has 3 nitrogen and oxygen atoms in total. The zero-order valence-electron chi connectivity index (χ0n) is 11.4. The number of aliphatic hydroxyl groups is 1. The van der Waals surface area contributed by atoms with E-state index < -0.39 is 6.10 Å². The monoisotopic (exact) mass is 335 g/mol. The van der Waals surface area contributed by atoms with Crippen LogP contribution in [-0.2, 0) is 0 Å². The Balaban J connectivity index is 1.71. The van der Waals surface area contributed by atoms with Gasteiger partial charge in [0.05, 0.1) is 10.0 Å². The predicted molar refractivity (Wildman–Crippen MR) is 86.3 cm³/mol. The molecule has 20 heavy (non-hydrogen) atoms. The van der Waals surface area contributed by atoms with Crippen molar-refractivity contribution in [3.8, 4) is 5.75 Å². The van der Waals surface area contributed by atoms with Gasteiger partial charge in [0.15, 0.2) is 5.75 Å². The van der Waals surface area contributed by atoms with Crippen LogP contribution in [0.5, 0.6) is 5.75 Å². The summed E-state index contributed by atoms with van der Waals surface area (Å²) < 4.78 is 5.89. The van der Waals surface area contributed by atoms with Gasteiger partial charge in [-0.15, -0.1) is 0 Å². The summed E-state index contributed by atoms with van der Waals surface area (Å²) in [6, 6.07) is 5.18. The molecule has 1 aromatic carbocycles. The zero-order valence-corrected chi connectivity index (χ0v) is 13.7. The minimum atomic E-state index is -0.583. The van der Waals surface area contributed by atoms with Crippen molar-refractivity contribution < 1.29 is 9.84 Å². The molecule has 1 fully saturated rings. The van der Waals surface area contributed by atoms with E-state index >= 15 is 0 Å². The highest BCUT2D eigenvalue weighted by Crippen LogP contribution is 2.46. The summed E-state index contributed by atoms with van der Waals surface area (Å²) in [5, 5.41) is 14.1. The van der Waals surface area contributed by atoms with Gasteiger partial charge in [-0.3, -0.25) is 0 Å². The van der Waals surface area contributed by atoms with Crippen LogP contribution in [0.4, 0.5) is 0 Å². The van der Waals surface area contributed by atoms with Gasteiger partial charge in [0.2, 0.25) is 0 Å². The van der Waals surface area contributed by atoms with E-state index in [1.54, 1.807) is 18.2 Å². The van der Waals surface area contributed by atoms with Crippen LogP contribution in [0.3, 0.4) is 0 Å². The van der Waals surface area contributed by atoms with Crippen LogP contribution in [0, 0.1) is 0 Å². The van der Waals surface area contributed by atoms with Crippen LogP contribution >= 0.6 is 35.0 Å². The van der Waals surface area contributed by atoms with Crippen molar-refractivity contribution in [1.82, 2.24) is 5.32 Å². The molecule has 1 saturated carbocycles. The lowest BCUT2D eigenvalue weighted by Gasteiger charge is -2.17. The first-order chi connectivity index (χ1) is 9.56. The highest BCUT2D eigenvalue weighted by molar-refractivity contribution is 8.00. The molecule has 2 N–H and O–H groups in total. The van der Waals surface area contributed by atoms with Crippen molar-refractivity contribution in [2.24, 2.45) is 0 Å². The van der Waals surface area contributed by atoms with Crippen molar-refractivity contribution in [1.29, 1.82) is 0 Å². The van der Waals surface area contributed by atoms with Crippen LogP contribution in [0.25, 0.3) is 0 Å². The average Bonchev–Trinajstić information content (AvgIpc) is 3.19. The van der Waals surface area contributed by atoms with Gasteiger partial charge in [0, 0.05) is 17.8 Å². The van der Waals surface area contributed by atoms with Crippen molar-refractivity contribution in [2.75, 3.05) is 26.0 Å². The Morgan fingerprint density at radius 2 is 2.05 bits per heavy atom. The number of hydrogen-bond donors (Lipinski definition) is 2. The standard InChI is InChI=1S/C14H19Cl2NO2S/c1-20-14(5-6-14)9-17-7-10(18)8-19-13-11(15)3-2-4-12(13)16/h2-4,10,17-18H,5-9H2,1H3. The molecule has 1 atom stereocenters. The third-order valence-corrected chi connectivity index (χ3v) is 5.42. The van der Waals surface area contributed by atoms with Crippen LogP contribution < -0.4 is 10.1 Å². The molecule has 0 spiro atoms. The normalized spacial score (nSPS) is 17.8. The Labute approximate surface area is 134 Å². The summed E-state index contributed by atoms with van der Waals surface area (Å²) in [6.45, 7) is 1.60. The van der Waals surface area contributed by atoms with E-state index in [-0.39, 0.29) is 6.61 Å². The van der Waals surface area contributed by atoms with Crippen LogP contribution in [0.15, 0.2) is 18.2 Å². The lowest BCUT2D eigenvalue weighted by Crippen LogP contribution is -2.35. The highest BCUT2D eigenvalue weighted by Gasteiger charge is 2.41. The summed E-state index contributed by atoms with van der Waals surface area (Å²) >= 11 is 13.9. The first kappa shape index (κ1) is 16.2. The smallest absolute Gasteiger partial charge is 0.156 e. The maximum atomic E-state index is 9.90. The first-order valence-corrected chi connectivity index (χ1v) is 8.55. The summed E-state index contributed by atoms with van der Waals surface area (Å²) in [5.74, 6) is 0.428. The van der Waals surface area contributed by atoms with E-state index in [4.69, 9.17) is 27.9 Å². The van der Waals surface area contributed by atoms with E-state index in [9.17, 15) is 5.11 Å². The lowest BCUT2D eigenvalue weighted by atomic mass is 10.3. The van der Waals surface area contributed by atoms with Crippen molar-refractivity contribution >= 4 is 35.0 Å². The number of hydrogen-bond acceptors (Lipinski definition) is 4. The number of nitrogens with one attached hydrogen (secondary N) is 1. The second-order valence-corrected chi connectivity index (χ2v) is 7.12. The van der Waals surface area contributed by atoms with E-state index in [1.807, 2.05) is 11.8 Å². The second-order valence-electron chi connectivity index (χ2n) is 5.03. The largest absolute Gasteiger partial charge is 0.488 e. The van der Waals surface area contributed by atoms with Crippen LogP contribution in [0.1, 0.15) is 12.8 Å². The third kappa shape index (κ3) is 4.43. The highest BCUT2D eigenvalue weighted by atomic mass is 35.5. The molecule has 112 valence electrons. The van der Waals surface area contributed by atoms with Gasteiger partial charge in [-0.2, -0.15) is 11.8 Å². The van der Waals surface area contributed by atoms with Crippen molar-refractivity contribution in [3.63, 3.8) is 0 Å². The van der Waals surface area contributed by atoms with Gasteiger partial charge in [-0.1, -0.05) is 29.3 Å². The molecule has 1 aromatic rings. The van der Waals surface area contributed by atoms with Gasteiger partial charge >= 0.3 is 0 Å². The zero-order chi connectivity index (χ0) is 14.6. The number of para-hydroxylation sites is 1. The SMILES string of the molecule is CSC1(CNCC(O)COc2c(Cl)cccc2Cl)CC1. The summed E-state index contributed by atoms with van der Waals surface area (Å²) in [6.07, 6.45) is 4.06. The number of thioether (sulfide) groups is 1. The van der Waals surface area contributed by atoms with Gasteiger partial charge in [0.25, 0.3) is 0 Å². The van der Waals surface area contributed by atoms with Crippen LogP contribution in [-0.4, -0.2) is 41.9 Å². The summed E-state index contributed by atoms with van der Waals surface area (Å²) in [5.41, 5.74) is 0. The van der Waals surface area contributed by atoms with E-state index in [0.717, 1.165) is 6.54 Å². The van der Waals surface area contributed by atoms with Crippen LogP contribution in [0.2, 0.25) is 10.0 Å². The molecule has 1 unspecified atom stereocenters. The molecule has 0 radical (unpaired) electrons. The Morgan fingerprint density at radius 1 is 1.40 bits per heavy atom. The molecule has 0 heterocycles. The molecule has 0 amide bonds. The minimum Gasteiger partial charge on any atom is -0.488 e. The Bertz CT molecular complexity index is 435. The average molecular weight is 336 g/mol. The molecule has 0 aliphatic heterocycles. The number of ether oxygens (including phenoxy) is 1. The molecular formula is C14H19Cl2NO2S. The van der Waals surface area contributed by atoms with Gasteiger partial charge in [-0.25, -0.2) is 0 Å². The second kappa shape index (κ2) is 7.23. The number of benzene rings is 1. The summed E-state index contributed by atoms with van der Waals surface area (Å²) in [7, 11) is 0. The molecule has 0 bridgehead atoms. The maximum absolute atomic E-state index is 9.90. The lowest BCUT2D eigenvalue weighted by molar-refractivity contribution is 0.106. The Kier molecular flexibility index (Phi) is 5.87. The van der Waals surface area contributed by atoms with Crippen molar-refractivity contribution in [3.05, 3.63) is 28.2 Å². The molecule has 2 rings (SSSR count). The van der Waals surface area contributed by atoms with Gasteiger partial charge in [0.1, 0.15) is 12.7 Å².